The Morgan fingerprint density at radius 3 is 2.71 bits per heavy atom. The van der Waals surface area contributed by atoms with Crippen molar-refractivity contribution in [3.63, 3.8) is 0 Å². The molecule has 3 rings (SSSR count). The molecule has 0 spiro atoms. The van der Waals surface area contributed by atoms with Gasteiger partial charge in [0, 0.05) is 24.7 Å². The highest BCUT2D eigenvalue weighted by molar-refractivity contribution is 5.49. The Morgan fingerprint density at radius 1 is 1.24 bits per heavy atom. The molecule has 2 aromatic rings. The lowest BCUT2D eigenvalue weighted by Gasteiger charge is -2.15. The minimum atomic E-state index is 0.114. The van der Waals surface area contributed by atoms with Crippen molar-refractivity contribution in [2.45, 2.75) is 38.6 Å². The fourth-order valence-corrected chi connectivity index (χ4v) is 2.26. The van der Waals surface area contributed by atoms with Gasteiger partial charge < -0.3 is 10.6 Å². The zero-order valence-corrected chi connectivity index (χ0v) is 12.5. The van der Waals surface area contributed by atoms with Gasteiger partial charge in [-0.3, -0.25) is 4.98 Å². The Morgan fingerprint density at radius 2 is 2.05 bits per heavy atom. The summed E-state index contributed by atoms with van der Waals surface area (Å²) in [6, 6.07) is 8.03. The Balaban J connectivity index is 1.80. The molecule has 2 N–H and O–H groups in total. The highest BCUT2D eigenvalue weighted by Crippen LogP contribution is 2.39. The summed E-state index contributed by atoms with van der Waals surface area (Å²) in [4.78, 5) is 13.6. The van der Waals surface area contributed by atoms with Crippen LogP contribution in [0, 0.1) is 0 Å². The zero-order chi connectivity index (χ0) is 14.7. The number of anilines is 2. The Hall–Kier alpha value is -2.17. The average Bonchev–Trinajstić information content (AvgIpc) is 3.33. The van der Waals surface area contributed by atoms with Crippen LogP contribution < -0.4 is 10.6 Å². The third-order valence-corrected chi connectivity index (χ3v) is 3.54. The Labute approximate surface area is 125 Å². The number of pyridine rings is 1. The van der Waals surface area contributed by atoms with Gasteiger partial charge in [-0.15, -0.1) is 0 Å². The van der Waals surface area contributed by atoms with Gasteiger partial charge in [-0.2, -0.15) is 0 Å². The number of rotatable bonds is 6. The molecule has 0 saturated heterocycles. The molecule has 1 aliphatic rings. The van der Waals surface area contributed by atoms with Crippen LogP contribution in [0.2, 0.25) is 0 Å². The summed E-state index contributed by atoms with van der Waals surface area (Å²) in [6.07, 6.45) is 4.21. The number of hydrogen-bond donors (Lipinski definition) is 2. The van der Waals surface area contributed by atoms with E-state index in [0.29, 0.717) is 5.92 Å². The maximum atomic E-state index is 4.65. The second-order valence-electron chi connectivity index (χ2n) is 5.42. The van der Waals surface area contributed by atoms with Crippen molar-refractivity contribution < 1.29 is 0 Å². The van der Waals surface area contributed by atoms with Gasteiger partial charge in [0.05, 0.1) is 11.7 Å². The fraction of sp³-hybridized carbons (Fsp3) is 0.438. The summed E-state index contributed by atoms with van der Waals surface area (Å²) >= 11 is 0. The minimum absolute atomic E-state index is 0.114. The molecule has 0 bridgehead atoms. The van der Waals surface area contributed by atoms with E-state index < -0.39 is 0 Å². The van der Waals surface area contributed by atoms with Crippen LogP contribution in [0.4, 0.5) is 11.6 Å². The van der Waals surface area contributed by atoms with Gasteiger partial charge in [-0.1, -0.05) is 6.07 Å². The molecule has 2 heterocycles. The third-order valence-electron chi connectivity index (χ3n) is 3.54. The zero-order valence-electron chi connectivity index (χ0n) is 12.5. The lowest BCUT2D eigenvalue weighted by atomic mass is 10.2. The summed E-state index contributed by atoms with van der Waals surface area (Å²) in [5.74, 6) is 3.24. The number of aromatic nitrogens is 3. The van der Waals surface area contributed by atoms with Crippen LogP contribution >= 0.6 is 0 Å². The van der Waals surface area contributed by atoms with Crippen LogP contribution in [0.3, 0.4) is 0 Å². The average molecular weight is 283 g/mol. The summed E-state index contributed by atoms with van der Waals surface area (Å²) in [6.45, 7) is 5.02. The van der Waals surface area contributed by atoms with Crippen LogP contribution in [-0.4, -0.2) is 21.5 Å². The topological polar surface area (TPSA) is 62.7 Å². The van der Waals surface area contributed by atoms with Crippen molar-refractivity contribution in [1.29, 1.82) is 0 Å². The van der Waals surface area contributed by atoms with Gasteiger partial charge in [0.25, 0.3) is 0 Å². The van der Waals surface area contributed by atoms with Gasteiger partial charge in [-0.25, -0.2) is 9.97 Å². The molecule has 5 heteroatoms. The van der Waals surface area contributed by atoms with Crippen LogP contribution in [-0.2, 0) is 0 Å². The smallest absolute Gasteiger partial charge is 0.136 e. The Kier molecular flexibility index (Phi) is 3.99. The lowest BCUT2D eigenvalue weighted by molar-refractivity contribution is 0.821. The molecule has 110 valence electrons. The minimum Gasteiger partial charge on any atom is -0.370 e. The van der Waals surface area contributed by atoms with E-state index in [9.17, 15) is 0 Å². The van der Waals surface area contributed by atoms with Gasteiger partial charge in [0.15, 0.2) is 0 Å². The first-order chi connectivity index (χ1) is 10.3. The molecule has 0 aliphatic heterocycles. The second-order valence-corrected chi connectivity index (χ2v) is 5.42. The predicted octanol–water partition coefficient (Wildman–Crippen LogP) is 3.35. The van der Waals surface area contributed by atoms with Crippen LogP contribution in [0.5, 0.6) is 0 Å². The van der Waals surface area contributed by atoms with Crippen molar-refractivity contribution in [3.8, 4) is 0 Å². The van der Waals surface area contributed by atoms with Crippen LogP contribution in [0.25, 0.3) is 0 Å². The Bertz CT molecular complexity index is 595. The molecule has 0 aromatic carbocycles. The maximum Gasteiger partial charge on any atom is 0.136 e. The summed E-state index contributed by atoms with van der Waals surface area (Å²) in [5.41, 5.74) is 1.01. The number of nitrogens with zero attached hydrogens (tertiary/aromatic N) is 3. The first kappa shape index (κ1) is 13.8. The standard InChI is InChI=1S/C16H21N5/c1-3-17-14-10-15(21-16(20-14)12-7-8-12)19-11(2)13-6-4-5-9-18-13/h4-6,9-12H,3,7-8H2,1-2H3,(H2,17,19,20,21). The highest BCUT2D eigenvalue weighted by atomic mass is 15.1. The van der Waals surface area contributed by atoms with Gasteiger partial charge in [-0.05, 0) is 38.8 Å². The van der Waals surface area contributed by atoms with Crippen LogP contribution in [0.1, 0.15) is 50.2 Å². The molecular formula is C16H21N5. The van der Waals surface area contributed by atoms with E-state index in [2.05, 4.69) is 39.4 Å². The molecule has 2 aromatic heterocycles. The first-order valence-electron chi connectivity index (χ1n) is 7.56. The molecule has 1 aliphatic carbocycles. The number of hydrogen-bond acceptors (Lipinski definition) is 5. The lowest BCUT2D eigenvalue weighted by Crippen LogP contribution is -2.12. The van der Waals surface area contributed by atoms with E-state index in [1.807, 2.05) is 30.5 Å². The molecule has 21 heavy (non-hydrogen) atoms. The van der Waals surface area contributed by atoms with E-state index in [1.54, 1.807) is 0 Å². The highest BCUT2D eigenvalue weighted by Gasteiger charge is 2.27. The van der Waals surface area contributed by atoms with Crippen molar-refractivity contribution in [1.82, 2.24) is 15.0 Å². The van der Waals surface area contributed by atoms with E-state index >= 15 is 0 Å². The van der Waals surface area contributed by atoms with Gasteiger partial charge in [0.1, 0.15) is 17.5 Å². The molecule has 5 nitrogen and oxygen atoms in total. The molecule has 1 saturated carbocycles. The largest absolute Gasteiger partial charge is 0.370 e. The van der Waals surface area contributed by atoms with E-state index in [1.165, 1.54) is 12.8 Å². The first-order valence-corrected chi connectivity index (χ1v) is 7.56. The van der Waals surface area contributed by atoms with E-state index in [4.69, 9.17) is 0 Å². The van der Waals surface area contributed by atoms with Crippen molar-refractivity contribution in [2.24, 2.45) is 0 Å². The molecule has 0 radical (unpaired) electrons. The summed E-state index contributed by atoms with van der Waals surface area (Å²) in [5, 5.41) is 6.70. The van der Waals surface area contributed by atoms with Crippen molar-refractivity contribution >= 4 is 11.6 Å². The monoisotopic (exact) mass is 283 g/mol. The summed E-state index contributed by atoms with van der Waals surface area (Å²) in [7, 11) is 0. The second kappa shape index (κ2) is 6.08. The third kappa shape index (κ3) is 3.48. The van der Waals surface area contributed by atoms with Crippen molar-refractivity contribution in [2.75, 3.05) is 17.2 Å². The van der Waals surface area contributed by atoms with Gasteiger partial charge >= 0.3 is 0 Å². The maximum absolute atomic E-state index is 4.65. The molecular weight excluding hydrogens is 262 g/mol. The SMILES string of the molecule is CCNc1cc(NC(C)c2ccccn2)nc(C2CC2)n1. The van der Waals surface area contributed by atoms with Crippen LogP contribution in [0.15, 0.2) is 30.5 Å². The quantitative estimate of drug-likeness (QED) is 0.851. The molecule has 0 amide bonds. The van der Waals surface area contributed by atoms with E-state index in [0.717, 1.165) is 29.7 Å². The number of nitrogens with one attached hydrogen (secondary N) is 2. The molecule has 1 fully saturated rings. The predicted molar refractivity (Wildman–Crippen MR) is 84.4 cm³/mol. The van der Waals surface area contributed by atoms with Crippen molar-refractivity contribution in [3.05, 3.63) is 42.0 Å². The fourth-order valence-electron chi connectivity index (χ4n) is 2.26. The normalized spacial score (nSPS) is 15.5. The summed E-state index contributed by atoms with van der Waals surface area (Å²) < 4.78 is 0. The molecule has 1 atom stereocenters. The van der Waals surface area contributed by atoms with E-state index in [-0.39, 0.29) is 6.04 Å². The molecule has 1 unspecified atom stereocenters. The van der Waals surface area contributed by atoms with Gasteiger partial charge in [0.2, 0.25) is 0 Å².